The van der Waals surface area contributed by atoms with E-state index in [1.165, 1.54) is 0 Å². The lowest BCUT2D eigenvalue weighted by molar-refractivity contribution is 0.210. The highest BCUT2D eigenvalue weighted by molar-refractivity contribution is 5.44. The zero-order valence-electron chi connectivity index (χ0n) is 9.75. The molecule has 1 unspecified atom stereocenters. The largest absolute Gasteiger partial charge is 0.383 e. The second kappa shape index (κ2) is 4.47. The highest BCUT2D eigenvalue weighted by Gasteiger charge is 2.17. The van der Waals surface area contributed by atoms with Crippen molar-refractivity contribution < 1.29 is 5.11 Å². The molecule has 0 spiro atoms. The molecule has 0 aliphatic rings. The van der Waals surface area contributed by atoms with Gasteiger partial charge in [0.05, 0.1) is 0 Å². The van der Waals surface area contributed by atoms with Gasteiger partial charge in [-0.1, -0.05) is 0 Å². The Hall–Kier alpha value is -2.01. The van der Waals surface area contributed by atoms with Gasteiger partial charge >= 0.3 is 0 Å². The number of rotatable bonds is 2. The molecule has 2 aromatic heterocycles. The summed E-state index contributed by atoms with van der Waals surface area (Å²) >= 11 is 0. The highest BCUT2D eigenvalue weighted by Crippen LogP contribution is 2.23. The quantitative estimate of drug-likeness (QED) is 0.808. The van der Waals surface area contributed by atoms with E-state index in [4.69, 9.17) is 5.73 Å². The van der Waals surface area contributed by atoms with E-state index < -0.39 is 6.10 Å². The molecule has 1 atom stereocenters. The second-order valence-electron chi connectivity index (χ2n) is 4.01. The fourth-order valence-corrected chi connectivity index (χ4v) is 1.50. The Balaban J connectivity index is 2.39. The second-order valence-corrected chi connectivity index (χ2v) is 4.01. The molecule has 0 aromatic carbocycles. The molecule has 2 rings (SSSR count). The topological polar surface area (TPSA) is 84.9 Å². The molecule has 5 heteroatoms. The minimum absolute atomic E-state index is 0.298. The first-order chi connectivity index (χ1) is 8.08. The van der Waals surface area contributed by atoms with Crippen molar-refractivity contribution in [2.75, 3.05) is 5.73 Å². The van der Waals surface area contributed by atoms with Crippen molar-refractivity contribution in [3.63, 3.8) is 0 Å². The van der Waals surface area contributed by atoms with E-state index in [1.54, 1.807) is 24.7 Å². The Kier molecular flexibility index (Phi) is 3.01. The predicted molar refractivity (Wildman–Crippen MR) is 64.2 cm³/mol. The Morgan fingerprint density at radius 1 is 1.06 bits per heavy atom. The fourth-order valence-electron chi connectivity index (χ4n) is 1.50. The molecule has 0 aliphatic heterocycles. The van der Waals surface area contributed by atoms with Gasteiger partial charge in [0.1, 0.15) is 11.9 Å². The standard InChI is InChI=1S/C12H14N4O/c1-7-3-9(11(13)14-4-7)10(17)12-15-5-8(2)6-16-12/h3-6,10,17H,1-2H3,(H2,13,14). The molecule has 2 aromatic rings. The Labute approximate surface area is 99.4 Å². The molecule has 0 saturated carbocycles. The normalized spacial score (nSPS) is 12.4. The van der Waals surface area contributed by atoms with Crippen LogP contribution in [0.4, 0.5) is 5.82 Å². The molecule has 0 amide bonds. The van der Waals surface area contributed by atoms with Crippen LogP contribution in [0, 0.1) is 13.8 Å². The molecule has 2 heterocycles. The minimum atomic E-state index is -0.942. The molecule has 0 saturated heterocycles. The molecule has 17 heavy (non-hydrogen) atoms. The summed E-state index contributed by atoms with van der Waals surface area (Å²) in [4.78, 5) is 12.2. The summed E-state index contributed by atoms with van der Waals surface area (Å²) in [7, 11) is 0. The predicted octanol–water partition coefficient (Wildman–Crippen LogP) is 1.15. The SMILES string of the molecule is Cc1cnc(C(O)c2cc(C)cnc2N)nc1. The van der Waals surface area contributed by atoms with Crippen molar-refractivity contribution in [2.24, 2.45) is 0 Å². The molecule has 3 N–H and O–H groups in total. The fraction of sp³-hybridized carbons (Fsp3) is 0.250. The van der Waals surface area contributed by atoms with Gasteiger partial charge in [-0.25, -0.2) is 15.0 Å². The van der Waals surface area contributed by atoms with Crippen molar-refractivity contribution in [1.82, 2.24) is 15.0 Å². The van der Waals surface area contributed by atoms with E-state index in [2.05, 4.69) is 15.0 Å². The number of nitrogens with zero attached hydrogens (tertiary/aromatic N) is 3. The Morgan fingerprint density at radius 2 is 1.65 bits per heavy atom. The van der Waals surface area contributed by atoms with Gasteiger partial charge in [-0.05, 0) is 31.0 Å². The van der Waals surface area contributed by atoms with Gasteiger partial charge in [0.2, 0.25) is 0 Å². The van der Waals surface area contributed by atoms with Gasteiger partial charge in [0.25, 0.3) is 0 Å². The zero-order valence-corrected chi connectivity index (χ0v) is 9.75. The Bertz CT molecular complexity index is 525. The van der Waals surface area contributed by atoms with Crippen molar-refractivity contribution in [3.05, 3.63) is 47.2 Å². The summed E-state index contributed by atoms with van der Waals surface area (Å²) < 4.78 is 0. The zero-order chi connectivity index (χ0) is 12.4. The van der Waals surface area contributed by atoms with Gasteiger partial charge in [0, 0.05) is 24.2 Å². The molecule has 88 valence electrons. The average molecular weight is 230 g/mol. The van der Waals surface area contributed by atoms with Crippen LogP contribution in [0.1, 0.15) is 28.6 Å². The first-order valence-electron chi connectivity index (χ1n) is 5.26. The van der Waals surface area contributed by atoms with E-state index in [0.29, 0.717) is 17.2 Å². The number of aromatic nitrogens is 3. The van der Waals surface area contributed by atoms with Crippen LogP contribution in [-0.4, -0.2) is 20.1 Å². The molecular weight excluding hydrogens is 216 g/mol. The average Bonchev–Trinajstić information content (AvgIpc) is 2.32. The van der Waals surface area contributed by atoms with Crippen molar-refractivity contribution in [3.8, 4) is 0 Å². The summed E-state index contributed by atoms with van der Waals surface area (Å²) in [5.41, 5.74) is 8.14. The molecular formula is C12H14N4O. The summed E-state index contributed by atoms with van der Waals surface area (Å²) in [6.07, 6.45) is 4.03. The monoisotopic (exact) mass is 230 g/mol. The van der Waals surface area contributed by atoms with Crippen molar-refractivity contribution >= 4 is 5.82 Å². The first kappa shape index (κ1) is 11.5. The number of aliphatic hydroxyl groups excluding tert-OH is 1. The maximum Gasteiger partial charge on any atom is 0.161 e. The van der Waals surface area contributed by atoms with Crippen LogP contribution < -0.4 is 5.73 Å². The number of hydrogen-bond acceptors (Lipinski definition) is 5. The number of anilines is 1. The molecule has 0 aliphatic carbocycles. The van der Waals surface area contributed by atoms with E-state index >= 15 is 0 Å². The van der Waals surface area contributed by atoms with Gasteiger partial charge < -0.3 is 10.8 Å². The number of hydrogen-bond donors (Lipinski definition) is 2. The number of aliphatic hydroxyl groups is 1. The maximum absolute atomic E-state index is 10.1. The smallest absolute Gasteiger partial charge is 0.161 e. The molecule has 5 nitrogen and oxygen atoms in total. The summed E-state index contributed by atoms with van der Waals surface area (Å²) in [5.74, 6) is 0.627. The summed E-state index contributed by atoms with van der Waals surface area (Å²) in [5, 5.41) is 10.1. The molecule has 0 fully saturated rings. The third kappa shape index (κ3) is 2.39. The lowest BCUT2D eigenvalue weighted by Gasteiger charge is -2.12. The Morgan fingerprint density at radius 3 is 2.29 bits per heavy atom. The van der Waals surface area contributed by atoms with Crippen LogP contribution in [0.3, 0.4) is 0 Å². The van der Waals surface area contributed by atoms with Crippen LogP contribution in [0.25, 0.3) is 0 Å². The number of nitrogen functional groups attached to an aromatic ring is 1. The lowest BCUT2D eigenvalue weighted by Crippen LogP contribution is -2.09. The van der Waals surface area contributed by atoms with Crippen LogP contribution in [0.5, 0.6) is 0 Å². The van der Waals surface area contributed by atoms with E-state index in [9.17, 15) is 5.11 Å². The summed E-state index contributed by atoms with van der Waals surface area (Å²) in [6, 6.07) is 1.79. The number of aryl methyl sites for hydroxylation is 2. The van der Waals surface area contributed by atoms with Crippen molar-refractivity contribution in [1.29, 1.82) is 0 Å². The number of nitrogens with two attached hydrogens (primary N) is 1. The molecule has 0 radical (unpaired) electrons. The number of pyridine rings is 1. The van der Waals surface area contributed by atoms with Crippen LogP contribution >= 0.6 is 0 Å². The van der Waals surface area contributed by atoms with Gasteiger partial charge in [-0.15, -0.1) is 0 Å². The van der Waals surface area contributed by atoms with Gasteiger partial charge in [-0.2, -0.15) is 0 Å². The molecule has 0 bridgehead atoms. The summed E-state index contributed by atoms with van der Waals surface area (Å²) in [6.45, 7) is 3.78. The third-order valence-electron chi connectivity index (χ3n) is 2.43. The van der Waals surface area contributed by atoms with E-state index in [-0.39, 0.29) is 0 Å². The highest BCUT2D eigenvalue weighted by atomic mass is 16.3. The lowest BCUT2D eigenvalue weighted by atomic mass is 10.1. The van der Waals surface area contributed by atoms with Gasteiger partial charge in [-0.3, -0.25) is 0 Å². The first-order valence-corrected chi connectivity index (χ1v) is 5.26. The third-order valence-corrected chi connectivity index (χ3v) is 2.43. The van der Waals surface area contributed by atoms with Crippen molar-refractivity contribution in [2.45, 2.75) is 20.0 Å². The van der Waals surface area contributed by atoms with E-state index in [0.717, 1.165) is 11.1 Å². The van der Waals surface area contributed by atoms with Crippen LogP contribution in [-0.2, 0) is 0 Å². The maximum atomic E-state index is 10.1. The van der Waals surface area contributed by atoms with Gasteiger partial charge in [0.15, 0.2) is 5.82 Å². The minimum Gasteiger partial charge on any atom is -0.383 e. The van der Waals surface area contributed by atoms with Crippen LogP contribution in [0.15, 0.2) is 24.7 Å². The van der Waals surface area contributed by atoms with E-state index in [1.807, 2.05) is 13.8 Å². The van der Waals surface area contributed by atoms with Crippen LogP contribution in [0.2, 0.25) is 0 Å².